The Morgan fingerprint density at radius 3 is 1.38 bits per heavy atom. The van der Waals surface area contributed by atoms with Gasteiger partial charge in [0.05, 0.1) is 0 Å². The summed E-state index contributed by atoms with van der Waals surface area (Å²) < 4.78 is 0. The molecule has 0 heterocycles. The molecule has 0 saturated carbocycles. The van der Waals surface area contributed by atoms with Gasteiger partial charge in [-0.25, -0.2) is 0 Å². The summed E-state index contributed by atoms with van der Waals surface area (Å²) in [5.41, 5.74) is 4.33. The van der Waals surface area contributed by atoms with Crippen LogP contribution in [-0.2, 0) is 10.8 Å². The molecule has 0 unspecified atom stereocenters. The normalized spacial score (nSPS) is 13.0. The third-order valence-electron chi connectivity index (χ3n) is 2.87. The lowest BCUT2D eigenvalue weighted by molar-refractivity contribution is 0.546. The molecule has 0 aromatic heterocycles. The topological polar surface area (TPSA) is 0 Å². The molecule has 0 spiro atoms. The number of hydrogen-bond donors (Lipinski definition) is 1. The molecule has 1 rings (SSSR count). The Hall–Kier alpha value is -0.430. The second-order valence-electron chi connectivity index (χ2n) is 6.71. The van der Waals surface area contributed by atoms with Crippen molar-refractivity contribution in [2.24, 2.45) is 0 Å². The minimum atomic E-state index is 0.156. The van der Waals surface area contributed by atoms with Gasteiger partial charge in [0.2, 0.25) is 0 Å². The zero-order valence-corrected chi connectivity index (χ0v) is 12.5. The van der Waals surface area contributed by atoms with E-state index in [1.165, 1.54) is 16.7 Å². The fourth-order valence-electron chi connectivity index (χ4n) is 1.92. The largest absolute Gasteiger partial charge is 0.143 e. The van der Waals surface area contributed by atoms with E-state index in [0.717, 1.165) is 4.90 Å². The van der Waals surface area contributed by atoms with Gasteiger partial charge in [0.15, 0.2) is 0 Å². The van der Waals surface area contributed by atoms with E-state index in [-0.39, 0.29) is 10.8 Å². The summed E-state index contributed by atoms with van der Waals surface area (Å²) >= 11 is 4.75. The lowest BCUT2D eigenvalue weighted by atomic mass is 9.79. The first-order valence-electron chi connectivity index (χ1n) is 5.88. The Bertz CT molecular complexity index is 354. The minimum absolute atomic E-state index is 0.156. The fraction of sp³-hybridized carbons (Fsp3) is 0.600. The fourth-order valence-corrected chi connectivity index (χ4v) is 2.72. The van der Waals surface area contributed by atoms with E-state index in [0.29, 0.717) is 0 Å². The van der Waals surface area contributed by atoms with Crippen molar-refractivity contribution in [3.05, 3.63) is 28.8 Å². The van der Waals surface area contributed by atoms with Crippen LogP contribution in [0.5, 0.6) is 0 Å². The summed E-state index contributed by atoms with van der Waals surface area (Å²) in [5.74, 6) is 0. The number of thiol groups is 1. The van der Waals surface area contributed by atoms with Crippen molar-refractivity contribution >= 4 is 12.6 Å². The average molecular weight is 236 g/mol. The van der Waals surface area contributed by atoms with E-state index in [4.69, 9.17) is 12.6 Å². The van der Waals surface area contributed by atoms with Gasteiger partial charge in [-0.3, -0.25) is 0 Å². The smallest absolute Gasteiger partial charge is 0.0115 e. The lowest BCUT2D eigenvalue weighted by Gasteiger charge is -2.28. The molecule has 1 aromatic carbocycles. The molecule has 0 nitrogen and oxygen atoms in total. The molecule has 90 valence electrons. The van der Waals surface area contributed by atoms with Crippen LogP contribution in [0.15, 0.2) is 17.0 Å². The van der Waals surface area contributed by atoms with Crippen LogP contribution in [0.25, 0.3) is 0 Å². The van der Waals surface area contributed by atoms with Crippen LogP contribution < -0.4 is 0 Å². The highest BCUT2D eigenvalue weighted by Crippen LogP contribution is 2.36. The van der Waals surface area contributed by atoms with Crippen molar-refractivity contribution in [1.82, 2.24) is 0 Å². The SMILES string of the molecule is Cc1cc(C(C)(C)C)c(S)c(C(C)(C)C)c1. The van der Waals surface area contributed by atoms with Crippen LogP contribution in [0.2, 0.25) is 0 Å². The van der Waals surface area contributed by atoms with Crippen LogP contribution in [0.4, 0.5) is 0 Å². The molecule has 0 fully saturated rings. The number of hydrogen-bond acceptors (Lipinski definition) is 1. The average Bonchev–Trinajstić information content (AvgIpc) is 2.04. The van der Waals surface area contributed by atoms with Gasteiger partial charge in [-0.05, 0) is 28.9 Å². The first kappa shape index (κ1) is 13.6. The summed E-state index contributed by atoms with van der Waals surface area (Å²) in [6, 6.07) is 4.52. The predicted molar refractivity (Wildman–Crippen MR) is 75.8 cm³/mol. The van der Waals surface area contributed by atoms with Crippen molar-refractivity contribution in [3.8, 4) is 0 Å². The van der Waals surface area contributed by atoms with E-state index in [1.807, 2.05) is 0 Å². The maximum absolute atomic E-state index is 4.75. The Balaban J connectivity index is 3.51. The summed E-state index contributed by atoms with van der Waals surface area (Å²) in [7, 11) is 0. The highest BCUT2D eigenvalue weighted by molar-refractivity contribution is 7.80. The van der Waals surface area contributed by atoms with Crippen LogP contribution in [0, 0.1) is 6.92 Å². The lowest BCUT2D eigenvalue weighted by Crippen LogP contribution is -2.18. The van der Waals surface area contributed by atoms with Gasteiger partial charge in [-0.15, -0.1) is 12.6 Å². The van der Waals surface area contributed by atoms with Gasteiger partial charge in [0, 0.05) is 4.90 Å². The minimum Gasteiger partial charge on any atom is -0.143 e. The van der Waals surface area contributed by atoms with E-state index < -0.39 is 0 Å². The van der Waals surface area contributed by atoms with Crippen molar-refractivity contribution in [3.63, 3.8) is 0 Å². The van der Waals surface area contributed by atoms with E-state index >= 15 is 0 Å². The van der Waals surface area contributed by atoms with Crippen LogP contribution in [0.1, 0.15) is 58.2 Å². The summed E-state index contributed by atoms with van der Waals surface area (Å²) in [6.45, 7) is 15.6. The summed E-state index contributed by atoms with van der Waals surface area (Å²) in [4.78, 5) is 1.16. The first-order valence-corrected chi connectivity index (χ1v) is 6.33. The standard InChI is InChI=1S/C15H24S/c1-10-8-11(14(2,3)4)13(16)12(9-10)15(5,6)7/h8-9,16H,1-7H3. The Morgan fingerprint density at radius 2 is 1.12 bits per heavy atom. The molecular weight excluding hydrogens is 212 g/mol. The highest BCUT2D eigenvalue weighted by Gasteiger charge is 2.24. The quantitative estimate of drug-likeness (QED) is 0.610. The maximum Gasteiger partial charge on any atom is 0.0115 e. The second-order valence-corrected chi connectivity index (χ2v) is 7.16. The van der Waals surface area contributed by atoms with Gasteiger partial charge >= 0.3 is 0 Å². The highest BCUT2D eigenvalue weighted by atomic mass is 32.1. The third kappa shape index (κ3) is 2.82. The molecule has 1 heteroatoms. The zero-order chi connectivity index (χ0) is 12.7. The molecule has 0 radical (unpaired) electrons. The molecule has 1 aromatic rings. The summed E-state index contributed by atoms with van der Waals surface area (Å²) in [6.07, 6.45) is 0. The molecule has 0 amide bonds. The number of benzene rings is 1. The molecule has 0 aliphatic heterocycles. The molecule has 0 aliphatic rings. The van der Waals surface area contributed by atoms with E-state index in [1.54, 1.807) is 0 Å². The van der Waals surface area contributed by atoms with Gasteiger partial charge in [0.1, 0.15) is 0 Å². The Morgan fingerprint density at radius 1 is 0.812 bits per heavy atom. The summed E-state index contributed by atoms with van der Waals surface area (Å²) in [5, 5.41) is 0. The predicted octanol–water partition coefficient (Wildman–Crippen LogP) is 4.88. The van der Waals surface area contributed by atoms with Crippen LogP contribution in [0.3, 0.4) is 0 Å². The van der Waals surface area contributed by atoms with Crippen molar-refractivity contribution in [1.29, 1.82) is 0 Å². The molecular formula is C15H24S. The molecule has 0 atom stereocenters. The van der Waals surface area contributed by atoms with Gasteiger partial charge < -0.3 is 0 Å². The zero-order valence-electron chi connectivity index (χ0n) is 11.6. The van der Waals surface area contributed by atoms with Gasteiger partial charge in [0.25, 0.3) is 0 Å². The van der Waals surface area contributed by atoms with Crippen molar-refractivity contribution in [2.75, 3.05) is 0 Å². The Labute approximate surface area is 106 Å². The van der Waals surface area contributed by atoms with Crippen LogP contribution >= 0.6 is 12.6 Å². The first-order chi connectivity index (χ1) is 7.03. The third-order valence-corrected chi connectivity index (χ3v) is 3.35. The molecule has 0 N–H and O–H groups in total. The molecule has 16 heavy (non-hydrogen) atoms. The number of rotatable bonds is 0. The molecule has 0 saturated heterocycles. The molecule has 0 bridgehead atoms. The Kier molecular flexibility index (Phi) is 3.50. The molecule has 0 aliphatic carbocycles. The van der Waals surface area contributed by atoms with Crippen molar-refractivity contribution < 1.29 is 0 Å². The van der Waals surface area contributed by atoms with Gasteiger partial charge in [-0.1, -0.05) is 59.2 Å². The van der Waals surface area contributed by atoms with E-state index in [2.05, 4.69) is 60.6 Å². The number of aryl methyl sites for hydroxylation is 1. The van der Waals surface area contributed by atoms with Crippen LogP contribution in [-0.4, -0.2) is 0 Å². The maximum atomic E-state index is 4.75. The van der Waals surface area contributed by atoms with Crippen molar-refractivity contribution in [2.45, 2.75) is 64.2 Å². The van der Waals surface area contributed by atoms with E-state index in [9.17, 15) is 0 Å². The van der Waals surface area contributed by atoms with Gasteiger partial charge in [-0.2, -0.15) is 0 Å². The second kappa shape index (κ2) is 4.10. The monoisotopic (exact) mass is 236 g/mol.